The fourth-order valence-corrected chi connectivity index (χ4v) is 8.50. The second kappa shape index (κ2) is 64.1. The molecule has 0 saturated heterocycles. The molecule has 0 aromatic heterocycles. The smallest absolute Gasteiger partial charge is 0.306 e. The average molecular weight is 1070 g/mol. The van der Waals surface area contributed by atoms with Gasteiger partial charge in [0, 0.05) is 19.3 Å². The van der Waals surface area contributed by atoms with E-state index >= 15 is 0 Å². The molecule has 0 radical (unpaired) electrons. The van der Waals surface area contributed by atoms with Crippen LogP contribution in [0.25, 0.3) is 0 Å². The Hall–Kier alpha value is -4.45. The minimum atomic E-state index is -0.808. The van der Waals surface area contributed by atoms with Gasteiger partial charge in [-0.05, 0) is 128 Å². The molecular formula is C71H116O6. The Labute approximate surface area is 475 Å². The minimum absolute atomic E-state index is 0.101. The van der Waals surface area contributed by atoms with E-state index in [1.54, 1.807) is 0 Å². The molecule has 0 aliphatic heterocycles. The fraction of sp³-hybridized carbons (Fsp3) is 0.648. The van der Waals surface area contributed by atoms with Crippen molar-refractivity contribution in [3.05, 3.63) is 134 Å². The lowest BCUT2D eigenvalue weighted by Crippen LogP contribution is -2.30. The molecule has 0 aliphatic carbocycles. The summed E-state index contributed by atoms with van der Waals surface area (Å²) in [5, 5.41) is 0. The van der Waals surface area contributed by atoms with Crippen molar-refractivity contribution in [3.63, 3.8) is 0 Å². The van der Waals surface area contributed by atoms with Crippen molar-refractivity contribution in [1.82, 2.24) is 0 Å². The lowest BCUT2D eigenvalue weighted by molar-refractivity contribution is -0.167. The molecule has 0 aromatic carbocycles. The van der Waals surface area contributed by atoms with Crippen molar-refractivity contribution in [1.29, 1.82) is 0 Å². The van der Waals surface area contributed by atoms with Crippen molar-refractivity contribution in [2.24, 2.45) is 0 Å². The molecular weight excluding hydrogens is 949 g/mol. The average Bonchev–Trinajstić information content (AvgIpc) is 3.43. The monoisotopic (exact) mass is 1060 g/mol. The molecule has 0 bridgehead atoms. The summed E-state index contributed by atoms with van der Waals surface area (Å²) in [6.07, 6.45) is 90.6. The SMILES string of the molecule is CC/C=C\C/C=C\C/C=C\C/C=C\C/C=C\CCCCCCCCCCCCCCCCCCCC(=O)OCC(COC(=O)CCCCC/C=C\C/C=C\C/C=C\CC)OC(=O)CCCCC/C=C\C/C=C\C/C=C\CC. The molecule has 0 N–H and O–H groups in total. The van der Waals surface area contributed by atoms with Gasteiger partial charge in [0.1, 0.15) is 13.2 Å². The lowest BCUT2D eigenvalue weighted by atomic mass is 10.0. The highest BCUT2D eigenvalue weighted by Crippen LogP contribution is 2.16. The first-order valence-corrected chi connectivity index (χ1v) is 31.7. The second-order valence-electron chi connectivity index (χ2n) is 20.5. The number of unbranched alkanes of at least 4 members (excludes halogenated alkanes) is 23. The van der Waals surface area contributed by atoms with Gasteiger partial charge in [0.2, 0.25) is 0 Å². The predicted molar refractivity (Wildman–Crippen MR) is 334 cm³/mol. The molecule has 0 fully saturated rings. The number of hydrogen-bond acceptors (Lipinski definition) is 6. The molecule has 0 saturated carbocycles. The van der Waals surface area contributed by atoms with E-state index in [0.29, 0.717) is 12.8 Å². The summed E-state index contributed by atoms with van der Waals surface area (Å²) in [5.41, 5.74) is 0. The Balaban J connectivity index is 4.17. The number of carbonyl (C=O) groups is 3. The lowest BCUT2D eigenvalue weighted by Gasteiger charge is -2.18. The minimum Gasteiger partial charge on any atom is -0.462 e. The quantitative estimate of drug-likeness (QED) is 0.0261. The van der Waals surface area contributed by atoms with E-state index in [1.165, 1.54) is 96.3 Å². The van der Waals surface area contributed by atoms with Gasteiger partial charge in [0.25, 0.3) is 0 Å². The number of allylic oxidation sites excluding steroid dienone is 22. The Bertz CT molecular complexity index is 1650. The van der Waals surface area contributed by atoms with Crippen LogP contribution < -0.4 is 0 Å². The van der Waals surface area contributed by atoms with Crippen LogP contribution in [0.2, 0.25) is 0 Å². The highest BCUT2D eigenvalue weighted by Gasteiger charge is 2.19. The van der Waals surface area contributed by atoms with E-state index in [1.807, 2.05) is 0 Å². The number of rotatable bonds is 56. The van der Waals surface area contributed by atoms with Gasteiger partial charge < -0.3 is 14.2 Å². The zero-order valence-electron chi connectivity index (χ0n) is 49.9. The largest absolute Gasteiger partial charge is 0.462 e. The van der Waals surface area contributed by atoms with Crippen LogP contribution in [0.1, 0.15) is 278 Å². The summed E-state index contributed by atoms with van der Waals surface area (Å²) >= 11 is 0. The Morgan fingerprint density at radius 1 is 0.260 bits per heavy atom. The zero-order valence-corrected chi connectivity index (χ0v) is 49.9. The number of esters is 3. The first-order chi connectivity index (χ1) is 38.0. The van der Waals surface area contributed by atoms with E-state index in [9.17, 15) is 14.4 Å². The molecule has 0 spiro atoms. The van der Waals surface area contributed by atoms with E-state index in [2.05, 4.69) is 154 Å². The summed E-state index contributed by atoms with van der Waals surface area (Å²) in [4.78, 5) is 38.2. The summed E-state index contributed by atoms with van der Waals surface area (Å²) < 4.78 is 16.8. The van der Waals surface area contributed by atoms with Crippen LogP contribution in [0.4, 0.5) is 0 Å². The molecule has 0 aliphatic rings. The summed E-state index contributed by atoms with van der Waals surface area (Å²) in [5.74, 6) is -0.960. The van der Waals surface area contributed by atoms with E-state index in [4.69, 9.17) is 14.2 Å². The number of hydrogen-bond donors (Lipinski definition) is 0. The maximum absolute atomic E-state index is 12.8. The molecule has 0 rings (SSSR count). The third kappa shape index (κ3) is 62.3. The summed E-state index contributed by atoms with van der Waals surface area (Å²) in [7, 11) is 0. The molecule has 6 nitrogen and oxygen atoms in total. The normalized spacial score (nSPS) is 13.0. The second-order valence-corrected chi connectivity index (χ2v) is 20.5. The van der Waals surface area contributed by atoms with Gasteiger partial charge >= 0.3 is 17.9 Å². The Morgan fingerprint density at radius 2 is 0.468 bits per heavy atom. The molecule has 436 valence electrons. The molecule has 6 heteroatoms. The van der Waals surface area contributed by atoms with Crippen LogP contribution in [0.5, 0.6) is 0 Å². The van der Waals surface area contributed by atoms with Crippen LogP contribution in [0.15, 0.2) is 134 Å². The van der Waals surface area contributed by atoms with E-state index in [-0.39, 0.29) is 37.5 Å². The van der Waals surface area contributed by atoms with Crippen molar-refractivity contribution < 1.29 is 28.6 Å². The van der Waals surface area contributed by atoms with Crippen LogP contribution in [-0.2, 0) is 28.6 Å². The van der Waals surface area contributed by atoms with E-state index in [0.717, 1.165) is 141 Å². The third-order valence-corrected chi connectivity index (χ3v) is 13.1. The van der Waals surface area contributed by atoms with Gasteiger partial charge in [0.15, 0.2) is 6.10 Å². The van der Waals surface area contributed by atoms with Crippen molar-refractivity contribution in [2.75, 3.05) is 13.2 Å². The standard InChI is InChI=1S/C71H116O6/c1-4-7-10-13-16-19-22-25-26-27-28-29-30-31-32-33-34-35-36-37-38-39-40-41-42-43-44-47-49-52-55-58-61-64-70(73)76-67-68(77-71(74)65-62-59-56-53-50-46-24-21-18-15-12-9-6-3)66-75-69(72)63-60-57-54-51-48-45-23-20-17-14-11-8-5-2/h7-12,16-21,25-26,28-29,31-32,45-46,48,50,68H,4-6,13-15,22-24,27,30,33-44,47,49,51-67H2,1-3H3/b10-7-,11-8-,12-9-,19-16-,20-17-,21-18-,26-25-,29-28-,32-31-,48-45-,50-46-. The predicted octanol–water partition coefficient (Wildman–Crippen LogP) is 21.8. The zero-order chi connectivity index (χ0) is 55.7. The highest BCUT2D eigenvalue weighted by atomic mass is 16.6. The number of carbonyl (C=O) groups excluding carboxylic acids is 3. The molecule has 1 unspecified atom stereocenters. The first kappa shape index (κ1) is 72.5. The molecule has 1 atom stereocenters. The first-order valence-electron chi connectivity index (χ1n) is 31.7. The Kier molecular flexibility index (Phi) is 60.4. The van der Waals surface area contributed by atoms with Gasteiger partial charge in [0.05, 0.1) is 0 Å². The van der Waals surface area contributed by atoms with Crippen LogP contribution in [0.3, 0.4) is 0 Å². The molecule has 0 aromatic rings. The number of ether oxygens (including phenoxy) is 3. The van der Waals surface area contributed by atoms with Crippen molar-refractivity contribution >= 4 is 17.9 Å². The fourth-order valence-electron chi connectivity index (χ4n) is 8.50. The van der Waals surface area contributed by atoms with Crippen LogP contribution in [0, 0.1) is 0 Å². The molecule has 77 heavy (non-hydrogen) atoms. The van der Waals surface area contributed by atoms with Crippen LogP contribution >= 0.6 is 0 Å². The van der Waals surface area contributed by atoms with Crippen molar-refractivity contribution in [2.45, 2.75) is 284 Å². The maximum atomic E-state index is 12.8. The third-order valence-electron chi connectivity index (χ3n) is 13.1. The topological polar surface area (TPSA) is 78.9 Å². The highest BCUT2D eigenvalue weighted by molar-refractivity contribution is 5.71. The summed E-state index contributed by atoms with van der Waals surface area (Å²) in [6, 6.07) is 0. The van der Waals surface area contributed by atoms with E-state index < -0.39 is 6.10 Å². The van der Waals surface area contributed by atoms with Gasteiger partial charge in [-0.3, -0.25) is 14.4 Å². The van der Waals surface area contributed by atoms with Gasteiger partial charge in [-0.15, -0.1) is 0 Å². The maximum Gasteiger partial charge on any atom is 0.306 e. The molecule has 0 heterocycles. The summed E-state index contributed by atoms with van der Waals surface area (Å²) in [6.45, 7) is 6.25. The Morgan fingerprint density at radius 3 is 0.740 bits per heavy atom. The van der Waals surface area contributed by atoms with Gasteiger partial charge in [-0.25, -0.2) is 0 Å². The molecule has 0 amide bonds. The van der Waals surface area contributed by atoms with Gasteiger partial charge in [-0.1, -0.05) is 264 Å². The van der Waals surface area contributed by atoms with Crippen molar-refractivity contribution in [3.8, 4) is 0 Å². The van der Waals surface area contributed by atoms with Gasteiger partial charge in [-0.2, -0.15) is 0 Å². The van der Waals surface area contributed by atoms with Crippen LogP contribution in [-0.4, -0.2) is 37.2 Å².